The van der Waals surface area contributed by atoms with Crippen LogP contribution in [0.2, 0.25) is 0 Å². The van der Waals surface area contributed by atoms with Crippen molar-refractivity contribution in [3.05, 3.63) is 24.3 Å². The molecule has 0 bridgehead atoms. The predicted octanol–water partition coefficient (Wildman–Crippen LogP) is 9.73. The van der Waals surface area contributed by atoms with E-state index in [1.165, 1.54) is 153 Å². The molecular weight excluding hydrogens is 468 g/mol. The van der Waals surface area contributed by atoms with E-state index in [-0.39, 0.29) is 11.8 Å². The van der Waals surface area contributed by atoms with Crippen LogP contribution in [0.5, 0.6) is 0 Å². The summed E-state index contributed by atoms with van der Waals surface area (Å²) in [7, 11) is 0. The van der Waals surface area contributed by atoms with Gasteiger partial charge in [-0.15, -0.1) is 0 Å². The second-order valence-electron chi connectivity index (χ2n) is 11.1. The maximum absolute atomic E-state index is 11.9. The van der Waals surface area contributed by atoms with Crippen LogP contribution in [0.3, 0.4) is 0 Å². The second-order valence-corrected chi connectivity index (χ2v) is 11.1. The van der Waals surface area contributed by atoms with E-state index in [0.717, 1.165) is 25.9 Å². The fourth-order valence-corrected chi connectivity index (χ4v) is 4.76. The van der Waals surface area contributed by atoms with Crippen molar-refractivity contribution in [3.63, 3.8) is 0 Å². The van der Waals surface area contributed by atoms with E-state index in [1.807, 2.05) is 0 Å². The molecule has 0 spiro atoms. The fraction of sp³-hybridized carbons (Fsp3) is 0.824. The second kappa shape index (κ2) is 31.6. The molecule has 2 amide bonds. The molecule has 0 fully saturated rings. The van der Waals surface area contributed by atoms with Crippen LogP contribution in [0.4, 0.5) is 0 Å². The summed E-state index contributed by atoms with van der Waals surface area (Å²) >= 11 is 0. The first-order chi connectivity index (χ1) is 18.7. The van der Waals surface area contributed by atoms with Crippen molar-refractivity contribution in [3.8, 4) is 0 Å². The molecule has 0 saturated heterocycles. The van der Waals surface area contributed by atoms with E-state index in [2.05, 4.69) is 24.5 Å². The topological polar surface area (TPSA) is 58.2 Å². The molecule has 222 valence electrons. The van der Waals surface area contributed by atoms with Gasteiger partial charge in [-0.1, -0.05) is 167 Å². The van der Waals surface area contributed by atoms with E-state index in [4.69, 9.17) is 0 Å². The SMILES string of the molecule is CCCCCCCCCCCCCCNC(=O)/C=C\C=C/C(=O)NCCCCCCCCCCCCCC. The maximum atomic E-state index is 11.9. The summed E-state index contributed by atoms with van der Waals surface area (Å²) < 4.78 is 0. The van der Waals surface area contributed by atoms with Crippen LogP contribution in [-0.4, -0.2) is 24.9 Å². The normalized spacial score (nSPS) is 11.5. The first-order valence-corrected chi connectivity index (χ1v) is 16.6. The monoisotopic (exact) mass is 532 g/mol. The molecule has 0 saturated carbocycles. The molecule has 0 aliphatic carbocycles. The Labute approximate surface area is 237 Å². The minimum atomic E-state index is -0.0883. The number of hydrogen-bond donors (Lipinski definition) is 2. The minimum absolute atomic E-state index is 0.0883. The number of amides is 2. The zero-order chi connectivity index (χ0) is 27.8. The van der Waals surface area contributed by atoms with Crippen LogP contribution >= 0.6 is 0 Å². The van der Waals surface area contributed by atoms with Gasteiger partial charge in [-0.25, -0.2) is 0 Å². The number of nitrogens with one attached hydrogen (secondary N) is 2. The van der Waals surface area contributed by atoms with E-state index >= 15 is 0 Å². The van der Waals surface area contributed by atoms with Crippen molar-refractivity contribution in [1.82, 2.24) is 10.6 Å². The van der Waals surface area contributed by atoms with Crippen LogP contribution in [0.25, 0.3) is 0 Å². The number of allylic oxidation sites excluding steroid dienone is 2. The summed E-state index contributed by atoms with van der Waals surface area (Å²) in [5, 5.41) is 5.85. The van der Waals surface area contributed by atoms with Gasteiger partial charge in [0.2, 0.25) is 11.8 Å². The van der Waals surface area contributed by atoms with Crippen molar-refractivity contribution in [1.29, 1.82) is 0 Å². The quantitative estimate of drug-likeness (QED) is 0.0572. The lowest BCUT2D eigenvalue weighted by atomic mass is 10.1. The molecule has 0 aromatic heterocycles. The van der Waals surface area contributed by atoms with Gasteiger partial charge in [-0.3, -0.25) is 9.59 Å². The average molecular weight is 533 g/mol. The van der Waals surface area contributed by atoms with E-state index in [1.54, 1.807) is 12.2 Å². The highest BCUT2D eigenvalue weighted by Crippen LogP contribution is 2.12. The lowest BCUT2D eigenvalue weighted by molar-refractivity contribution is -0.117. The molecule has 0 unspecified atom stereocenters. The van der Waals surface area contributed by atoms with Crippen molar-refractivity contribution in [2.45, 2.75) is 168 Å². The number of unbranched alkanes of at least 4 members (excludes halogenated alkanes) is 22. The summed E-state index contributed by atoms with van der Waals surface area (Å²) in [5.74, 6) is -0.177. The van der Waals surface area contributed by atoms with Gasteiger partial charge < -0.3 is 10.6 Å². The van der Waals surface area contributed by atoms with Crippen LogP contribution < -0.4 is 10.6 Å². The Morgan fingerprint density at radius 3 is 0.895 bits per heavy atom. The van der Waals surface area contributed by atoms with Gasteiger partial charge in [0.15, 0.2) is 0 Å². The number of hydrogen-bond acceptors (Lipinski definition) is 2. The molecule has 0 aromatic carbocycles. The molecule has 4 nitrogen and oxygen atoms in total. The smallest absolute Gasteiger partial charge is 0.243 e. The first kappa shape index (κ1) is 36.4. The van der Waals surface area contributed by atoms with Crippen LogP contribution in [0.1, 0.15) is 168 Å². The van der Waals surface area contributed by atoms with Gasteiger partial charge in [-0.2, -0.15) is 0 Å². The lowest BCUT2D eigenvalue weighted by Crippen LogP contribution is -2.22. The van der Waals surface area contributed by atoms with Crippen LogP contribution in [0, 0.1) is 0 Å². The standard InChI is InChI=1S/C34H64N2O2/c1-3-5-7-9-11-13-15-17-19-21-23-27-31-35-33(37)29-25-26-30-34(38)36-32-28-24-22-20-18-16-14-12-10-8-6-4-2/h25-26,29-30H,3-24,27-28,31-32H2,1-2H3,(H,35,37)(H,36,38)/b29-25-,30-26-. The molecule has 0 heterocycles. The van der Waals surface area contributed by atoms with Crippen molar-refractivity contribution in [2.24, 2.45) is 0 Å². The third-order valence-electron chi connectivity index (χ3n) is 7.27. The first-order valence-electron chi connectivity index (χ1n) is 16.6. The number of carbonyl (C=O) groups is 2. The molecule has 0 aromatic rings. The molecule has 38 heavy (non-hydrogen) atoms. The Hall–Kier alpha value is -1.58. The van der Waals surface area contributed by atoms with E-state index < -0.39 is 0 Å². The predicted molar refractivity (Wildman–Crippen MR) is 166 cm³/mol. The van der Waals surface area contributed by atoms with E-state index in [9.17, 15) is 9.59 Å². The van der Waals surface area contributed by atoms with Gasteiger partial charge in [0.05, 0.1) is 0 Å². The third-order valence-corrected chi connectivity index (χ3v) is 7.27. The summed E-state index contributed by atoms with van der Waals surface area (Å²) in [4.78, 5) is 23.7. The molecule has 0 atom stereocenters. The summed E-state index contributed by atoms with van der Waals surface area (Å²) in [5.41, 5.74) is 0. The zero-order valence-corrected chi connectivity index (χ0v) is 25.5. The highest BCUT2D eigenvalue weighted by Gasteiger charge is 1.97. The number of carbonyl (C=O) groups excluding carboxylic acids is 2. The van der Waals surface area contributed by atoms with Gasteiger partial charge in [0.1, 0.15) is 0 Å². The minimum Gasteiger partial charge on any atom is -0.353 e. The largest absolute Gasteiger partial charge is 0.353 e. The lowest BCUT2D eigenvalue weighted by Gasteiger charge is -2.04. The van der Waals surface area contributed by atoms with Gasteiger partial charge in [-0.05, 0) is 12.8 Å². The maximum Gasteiger partial charge on any atom is 0.243 e. The molecular formula is C34H64N2O2. The highest BCUT2D eigenvalue weighted by atomic mass is 16.2. The fourth-order valence-electron chi connectivity index (χ4n) is 4.76. The molecule has 0 radical (unpaired) electrons. The van der Waals surface area contributed by atoms with E-state index in [0.29, 0.717) is 0 Å². The molecule has 2 N–H and O–H groups in total. The van der Waals surface area contributed by atoms with Crippen molar-refractivity contribution in [2.75, 3.05) is 13.1 Å². The molecule has 0 rings (SSSR count). The van der Waals surface area contributed by atoms with Crippen molar-refractivity contribution >= 4 is 11.8 Å². The Morgan fingerprint density at radius 2 is 0.632 bits per heavy atom. The number of rotatable bonds is 29. The zero-order valence-electron chi connectivity index (χ0n) is 25.5. The summed E-state index contributed by atoms with van der Waals surface area (Å²) in [6, 6.07) is 0. The van der Waals surface area contributed by atoms with Gasteiger partial charge in [0, 0.05) is 25.2 Å². The summed E-state index contributed by atoms with van der Waals surface area (Å²) in [6.45, 7) is 5.99. The van der Waals surface area contributed by atoms with Crippen LogP contribution in [-0.2, 0) is 9.59 Å². The average Bonchev–Trinajstić information content (AvgIpc) is 2.92. The molecule has 0 aliphatic rings. The Morgan fingerprint density at radius 1 is 0.395 bits per heavy atom. The third kappa shape index (κ3) is 30.6. The van der Waals surface area contributed by atoms with Gasteiger partial charge in [0.25, 0.3) is 0 Å². The molecule has 0 aliphatic heterocycles. The van der Waals surface area contributed by atoms with Gasteiger partial charge >= 0.3 is 0 Å². The van der Waals surface area contributed by atoms with Crippen molar-refractivity contribution < 1.29 is 9.59 Å². The highest BCUT2D eigenvalue weighted by molar-refractivity contribution is 5.89. The Balaban J connectivity index is 3.43. The molecule has 4 heteroatoms. The Bertz CT molecular complexity index is 521. The van der Waals surface area contributed by atoms with Crippen LogP contribution in [0.15, 0.2) is 24.3 Å². The Kier molecular flexibility index (Phi) is 30.3. The summed E-state index contributed by atoms with van der Waals surface area (Å²) in [6.07, 6.45) is 37.9.